The first-order chi connectivity index (χ1) is 12.6. The van der Waals surface area contributed by atoms with Crippen LogP contribution in [-0.4, -0.2) is 18.7 Å². The van der Waals surface area contributed by atoms with Crippen LogP contribution in [0.4, 0.5) is 0 Å². The van der Waals surface area contributed by atoms with Crippen LogP contribution in [0.1, 0.15) is 44.2 Å². The molecule has 2 aromatic carbocycles. The molecule has 0 heterocycles. The summed E-state index contributed by atoms with van der Waals surface area (Å²) in [7, 11) is 0. The molecule has 0 spiro atoms. The predicted molar refractivity (Wildman–Crippen MR) is 107 cm³/mol. The highest BCUT2D eigenvalue weighted by Gasteiger charge is 2.04. The molecule has 26 heavy (non-hydrogen) atoms. The number of hydrogen-bond donors (Lipinski definition) is 1. The molecule has 2 rings (SSSR count). The summed E-state index contributed by atoms with van der Waals surface area (Å²) in [6.45, 7) is 6.21. The van der Waals surface area contributed by atoms with Crippen molar-refractivity contribution in [3.8, 4) is 5.75 Å². The van der Waals surface area contributed by atoms with Crippen LogP contribution in [0, 0.1) is 0 Å². The standard InChI is InChI=1S/C22H26N2O2/c1-4-18(3)20-10-12-21(13-11-20)26-16-22(25)24-23-15-17(2)14-19-8-6-5-7-9-19/h5-15,18H,4,16H2,1-3H3,(H,24,25). The van der Waals surface area contributed by atoms with Gasteiger partial charge < -0.3 is 4.74 Å². The SMILES string of the molecule is CCC(C)c1ccc(OCC(=O)NN=CC(C)=Cc2ccccc2)cc1. The molecule has 1 atom stereocenters. The van der Waals surface area contributed by atoms with Crippen LogP contribution in [-0.2, 0) is 4.79 Å². The number of benzene rings is 2. The number of carbonyl (C=O) groups excluding carboxylic acids is 1. The topological polar surface area (TPSA) is 50.7 Å². The summed E-state index contributed by atoms with van der Waals surface area (Å²) in [6.07, 6.45) is 4.70. The zero-order valence-electron chi connectivity index (χ0n) is 15.6. The molecule has 4 heteroatoms. The summed E-state index contributed by atoms with van der Waals surface area (Å²) < 4.78 is 5.49. The molecule has 0 aliphatic rings. The molecule has 0 saturated carbocycles. The number of nitrogens with one attached hydrogen (secondary N) is 1. The number of hydrogen-bond acceptors (Lipinski definition) is 3. The minimum absolute atomic E-state index is 0.0680. The predicted octanol–water partition coefficient (Wildman–Crippen LogP) is 4.78. The highest BCUT2D eigenvalue weighted by molar-refractivity contribution is 5.86. The summed E-state index contributed by atoms with van der Waals surface area (Å²) in [5.74, 6) is 0.907. The van der Waals surface area contributed by atoms with E-state index < -0.39 is 0 Å². The van der Waals surface area contributed by atoms with Gasteiger partial charge in [-0.05, 0) is 48.1 Å². The van der Waals surface area contributed by atoms with Crippen molar-refractivity contribution in [2.45, 2.75) is 33.1 Å². The number of ether oxygens (including phenoxy) is 1. The van der Waals surface area contributed by atoms with Crippen LogP contribution in [0.3, 0.4) is 0 Å². The Balaban J connectivity index is 1.77. The third-order valence-electron chi connectivity index (χ3n) is 4.08. The van der Waals surface area contributed by atoms with Gasteiger partial charge in [0.25, 0.3) is 5.91 Å². The first-order valence-electron chi connectivity index (χ1n) is 8.86. The minimum Gasteiger partial charge on any atom is -0.484 e. The van der Waals surface area contributed by atoms with Crippen LogP contribution in [0.2, 0.25) is 0 Å². The zero-order valence-corrected chi connectivity index (χ0v) is 15.6. The van der Waals surface area contributed by atoms with Gasteiger partial charge in [0.2, 0.25) is 0 Å². The molecular formula is C22H26N2O2. The number of nitrogens with zero attached hydrogens (tertiary/aromatic N) is 1. The molecule has 0 bridgehead atoms. The largest absolute Gasteiger partial charge is 0.484 e. The number of allylic oxidation sites excluding steroid dienone is 1. The fraction of sp³-hybridized carbons (Fsp3) is 0.273. The number of carbonyl (C=O) groups is 1. The molecule has 0 radical (unpaired) electrons. The van der Waals surface area contributed by atoms with Crippen LogP contribution < -0.4 is 10.2 Å². The molecule has 0 aliphatic heterocycles. The summed E-state index contributed by atoms with van der Waals surface area (Å²) >= 11 is 0. The van der Waals surface area contributed by atoms with Gasteiger partial charge in [0.05, 0.1) is 6.21 Å². The van der Waals surface area contributed by atoms with Crippen molar-refractivity contribution >= 4 is 18.2 Å². The third kappa shape index (κ3) is 6.55. The van der Waals surface area contributed by atoms with Crippen molar-refractivity contribution in [3.63, 3.8) is 0 Å². The van der Waals surface area contributed by atoms with Crippen molar-refractivity contribution in [1.29, 1.82) is 0 Å². The second-order valence-corrected chi connectivity index (χ2v) is 6.26. The summed E-state index contributed by atoms with van der Waals surface area (Å²) in [6, 6.07) is 17.8. The highest BCUT2D eigenvalue weighted by Crippen LogP contribution is 2.21. The maximum absolute atomic E-state index is 11.8. The van der Waals surface area contributed by atoms with Crippen molar-refractivity contribution in [2.75, 3.05) is 6.61 Å². The molecule has 0 aliphatic carbocycles. The Morgan fingerprint density at radius 2 is 1.85 bits per heavy atom. The maximum Gasteiger partial charge on any atom is 0.277 e. The van der Waals surface area contributed by atoms with Gasteiger partial charge in [-0.25, -0.2) is 5.43 Å². The fourth-order valence-electron chi connectivity index (χ4n) is 2.36. The van der Waals surface area contributed by atoms with Crippen molar-refractivity contribution in [1.82, 2.24) is 5.43 Å². The second kappa shape index (κ2) is 10.2. The Morgan fingerprint density at radius 1 is 1.15 bits per heavy atom. The van der Waals surface area contributed by atoms with Gasteiger partial charge >= 0.3 is 0 Å². The second-order valence-electron chi connectivity index (χ2n) is 6.26. The first kappa shape index (κ1) is 19.4. The average Bonchev–Trinajstić information content (AvgIpc) is 2.67. The van der Waals surface area contributed by atoms with Crippen molar-refractivity contribution < 1.29 is 9.53 Å². The van der Waals surface area contributed by atoms with Crippen molar-refractivity contribution in [2.24, 2.45) is 5.10 Å². The molecule has 2 aromatic rings. The normalized spacial score (nSPS) is 12.8. The van der Waals surface area contributed by atoms with E-state index in [0.717, 1.165) is 17.6 Å². The van der Waals surface area contributed by atoms with Gasteiger partial charge in [0.15, 0.2) is 6.61 Å². The van der Waals surface area contributed by atoms with Gasteiger partial charge in [-0.1, -0.05) is 62.4 Å². The Bertz CT molecular complexity index is 749. The van der Waals surface area contributed by atoms with Gasteiger partial charge in [-0.3, -0.25) is 4.79 Å². The van der Waals surface area contributed by atoms with Gasteiger partial charge in [-0.15, -0.1) is 0 Å². The smallest absolute Gasteiger partial charge is 0.277 e. The lowest BCUT2D eigenvalue weighted by Crippen LogP contribution is -2.24. The molecule has 4 nitrogen and oxygen atoms in total. The van der Waals surface area contributed by atoms with Crippen LogP contribution in [0.15, 0.2) is 65.3 Å². The Hall–Kier alpha value is -2.88. The average molecular weight is 350 g/mol. The zero-order chi connectivity index (χ0) is 18.8. The molecule has 1 amide bonds. The lowest BCUT2D eigenvalue weighted by atomic mass is 9.99. The lowest BCUT2D eigenvalue weighted by molar-refractivity contribution is -0.123. The molecule has 1 N–H and O–H groups in total. The van der Waals surface area contributed by atoms with Gasteiger partial charge in [0, 0.05) is 0 Å². The van der Waals surface area contributed by atoms with Crippen LogP contribution in [0.5, 0.6) is 5.75 Å². The Labute approximate surface area is 155 Å². The monoisotopic (exact) mass is 350 g/mol. The molecule has 136 valence electrons. The summed E-state index contributed by atoms with van der Waals surface area (Å²) in [5.41, 5.74) is 5.78. The number of rotatable bonds is 8. The van der Waals surface area contributed by atoms with E-state index in [9.17, 15) is 4.79 Å². The van der Waals surface area contributed by atoms with Crippen LogP contribution in [0.25, 0.3) is 6.08 Å². The summed E-state index contributed by atoms with van der Waals surface area (Å²) in [4.78, 5) is 11.8. The van der Waals surface area contributed by atoms with Crippen LogP contribution >= 0.6 is 0 Å². The molecule has 0 saturated heterocycles. The van der Waals surface area contributed by atoms with Crippen molar-refractivity contribution in [3.05, 3.63) is 71.3 Å². The van der Waals surface area contributed by atoms with E-state index >= 15 is 0 Å². The highest BCUT2D eigenvalue weighted by atomic mass is 16.5. The van der Waals surface area contributed by atoms with E-state index in [1.807, 2.05) is 67.6 Å². The van der Waals surface area contributed by atoms with E-state index in [0.29, 0.717) is 11.7 Å². The first-order valence-corrected chi connectivity index (χ1v) is 8.86. The van der Waals surface area contributed by atoms with E-state index in [4.69, 9.17) is 4.74 Å². The molecular weight excluding hydrogens is 324 g/mol. The maximum atomic E-state index is 11.8. The Morgan fingerprint density at radius 3 is 2.50 bits per heavy atom. The third-order valence-corrected chi connectivity index (χ3v) is 4.08. The molecule has 0 aromatic heterocycles. The number of amides is 1. The van der Waals surface area contributed by atoms with Gasteiger partial charge in [-0.2, -0.15) is 5.10 Å². The summed E-state index contributed by atoms with van der Waals surface area (Å²) in [5, 5.41) is 3.96. The van der Waals surface area contributed by atoms with E-state index in [1.165, 1.54) is 5.56 Å². The van der Waals surface area contributed by atoms with E-state index in [2.05, 4.69) is 24.4 Å². The quantitative estimate of drug-likeness (QED) is 0.550. The van der Waals surface area contributed by atoms with E-state index in [-0.39, 0.29) is 12.5 Å². The van der Waals surface area contributed by atoms with E-state index in [1.54, 1.807) is 6.21 Å². The number of hydrazone groups is 1. The Kier molecular flexibility index (Phi) is 7.62. The lowest BCUT2D eigenvalue weighted by Gasteiger charge is -2.10. The molecule has 0 fully saturated rings. The molecule has 1 unspecified atom stereocenters. The fourth-order valence-corrected chi connectivity index (χ4v) is 2.36. The van der Waals surface area contributed by atoms with Gasteiger partial charge in [0.1, 0.15) is 5.75 Å². The minimum atomic E-state index is -0.292.